The Bertz CT molecular complexity index is 729. The van der Waals surface area contributed by atoms with Crippen molar-refractivity contribution in [1.29, 1.82) is 0 Å². The van der Waals surface area contributed by atoms with Crippen molar-refractivity contribution < 1.29 is 4.79 Å². The van der Waals surface area contributed by atoms with Crippen molar-refractivity contribution in [3.05, 3.63) is 22.1 Å². The van der Waals surface area contributed by atoms with Crippen LogP contribution in [0.25, 0.3) is 11.0 Å². The molecule has 0 unspecified atom stereocenters. The number of thioether (sulfide) groups is 1. The standard InChI is InChI=1S/C15H20N4O2S/c1-10-8-11-13(16-10)14(21)18-15(17-11)22-9-12(20)19-6-4-2-3-5-7-19/h8,16H,2-7,9H2,1H3,(H,17,18,21). The van der Waals surface area contributed by atoms with E-state index in [9.17, 15) is 9.59 Å². The first-order valence-electron chi connectivity index (χ1n) is 7.64. The van der Waals surface area contributed by atoms with E-state index in [1.54, 1.807) is 0 Å². The predicted molar refractivity (Wildman–Crippen MR) is 87.2 cm³/mol. The zero-order chi connectivity index (χ0) is 15.5. The van der Waals surface area contributed by atoms with Gasteiger partial charge in [0.1, 0.15) is 5.52 Å². The Kier molecular flexibility index (Phi) is 4.52. The molecule has 3 rings (SSSR count). The summed E-state index contributed by atoms with van der Waals surface area (Å²) in [6, 6.07) is 1.84. The van der Waals surface area contributed by atoms with Gasteiger partial charge < -0.3 is 9.88 Å². The Balaban J connectivity index is 1.68. The van der Waals surface area contributed by atoms with Crippen LogP contribution >= 0.6 is 11.8 Å². The number of amides is 1. The number of rotatable bonds is 3. The normalized spacial score (nSPS) is 16.0. The second-order valence-electron chi connectivity index (χ2n) is 5.67. The van der Waals surface area contributed by atoms with E-state index in [1.807, 2.05) is 17.9 Å². The van der Waals surface area contributed by atoms with Gasteiger partial charge in [0.05, 0.1) is 11.3 Å². The Hall–Kier alpha value is -1.76. The van der Waals surface area contributed by atoms with Crippen molar-refractivity contribution in [2.75, 3.05) is 18.8 Å². The molecule has 118 valence electrons. The molecule has 2 aromatic heterocycles. The van der Waals surface area contributed by atoms with Gasteiger partial charge in [-0.2, -0.15) is 0 Å². The number of carbonyl (C=O) groups excluding carboxylic acids is 1. The molecule has 0 aromatic carbocycles. The van der Waals surface area contributed by atoms with Crippen LogP contribution in [0, 0.1) is 6.92 Å². The lowest BCUT2D eigenvalue weighted by Gasteiger charge is -2.19. The van der Waals surface area contributed by atoms with E-state index in [2.05, 4.69) is 15.0 Å². The molecule has 1 aliphatic rings. The van der Waals surface area contributed by atoms with Gasteiger partial charge in [0.15, 0.2) is 5.16 Å². The van der Waals surface area contributed by atoms with Crippen LogP contribution in [0.3, 0.4) is 0 Å². The summed E-state index contributed by atoms with van der Waals surface area (Å²) < 4.78 is 0. The first-order valence-corrected chi connectivity index (χ1v) is 8.62. The van der Waals surface area contributed by atoms with E-state index < -0.39 is 0 Å². The molecule has 1 amide bonds. The third-order valence-electron chi connectivity index (χ3n) is 3.89. The molecule has 0 saturated carbocycles. The molecule has 0 atom stereocenters. The Morgan fingerprint density at radius 3 is 2.73 bits per heavy atom. The highest BCUT2D eigenvalue weighted by Crippen LogP contribution is 2.17. The summed E-state index contributed by atoms with van der Waals surface area (Å²) in [6.07, 6.45) is 4.57. The maximum atomic E-state index is 12.3. The van der Waals surface area contributed by atoms with Crippen molar-refractivity contribution in [2.45, 2.75) is 37.8 Å². The van der Waals surface area contributed by atoms with E-state index in [-0.39, 0.29) is 11.5 Å². The Morgan fingerprint density at radius 1 is 1.27 bits per heavy atom. The van der Waals surface area contributed by atoms with Crippen LogP contribution in [0.2, 0.25) is 0 Å². The average Bonchev–Trinajstić information content (AvgIpc) is 2.71. The van der Waals surface area contributed by atoms with E-state index in [0.29, 0.717) is 21.9 Å². The van der Waals surface area contributed by atoms with E-state index in [1.165, 1.54) is 24.6 Å². The zero-order valence-corrected chi connectivity index (χ0v) is 13.5. The highest BCUT2D eigenvalue weighted by molar-refractivity contribution is 7.99. The number of carbonyl (C=O) groups is 1. The van der Waals surface area contributed by atoms with Crippen LogP contribution in [0.15, 0.2) is 16.0 Å². The fourth-order valence-electron chi connectivity index (χ4n) is 2.74. The van der Waals surface area contributed by atoms with E-state index in [0.717, 1.165) is 31.6 Å². The number of aromatic amines is 2. The van der Waals surface area contributed by atoms with Gasteiger partial charge in [-0.3, -0.25) is 14.6 Å². The van der Waals surface area contributed by atoms with Crippen LogP contribution in [0.4, 0.5) is 0 Å². The average molecular weight is 320 g/mol. The number of hydrogen-bond acceptors (Lipinski definition) is 4. The molecule has 6 nitrogen and oxygen atoms in total. The van der Waals surface area contributed by atoms with E-state index in [4.69, 9.17) is 0 Å². The second-order valence-corrected chi connectivity index (χ2v) is 6.63. The molecular formula is C15H20N4O2S. The number of H-pyrrole nitrogens is 2. The third-order valence-corrected chi connectivity index (χ3v) is 4.75. The van der Waals surface area contributed by atoms with Gasteiger partial charge in [-0.05, 0) is 25.8 Å². The highest BCUT2D eigenvalue weighted by atomic mass is 32.2. The summed E-state index contributed by atoms with van der Waals surface area (Å²) in [4.78, 5) is 36.3. The molecular weight excluding hydrogens is 300 g/mol. The molecule has 1 aliphatic heterocycles. The SMILES string of the molecule is Cc1cc2nc(SCC(=O)N3CCCCCC3)[nH]c(=O)c2[nH]1. The fraction of sp³-hybridized carbons (Fsp3) is 0.533. The lowest BCUT2D eigenvalue weighted by atomic mass is 10.2. The van der Waals surface area contributed by atoms with Crippen molar-refractivity contribution in [2.24, 2.45) is 0 Å². The first kappa shape index (κ1) is 15.1. The summed E-state index contributed by atoms with van der Waals surface area (Å²) in [5, 5.41) is 0.500. The second kappa shape index (κ2) is 6.56. The Labute approximate surface area is 132 Å². The van der Waals surface area contributed by atoms with Crippen LogP contribution in [-0.2, 0) is 4.79 Å². The van der Waals surface area contributed by atoms with Crippen LogP contribution in [0.1, 0.15) is 31.4 Å². The minimum absolute atomic E-state index is 0.125. The molecule has 0 bridgehead atoms. The number of aryl methyl sites for hydroxylation is 1. The largest absolute Gasteiger partial charge is 0.353 e. The molecule has 7 heteroatoms. The molecule has 0 aliphatic carbocycles. The monoisotopic (exact) mass is 320 g/mol. The molecule has 2 aromatic rings. The van der Waals surface area contributed by atoms with Crippen LogP contribution in [-0.4, -0.2) is 44.6 Å². The quantitative estimate of drug-likeness (QED) is 0.670. The lowest BCUT2D eigenvalue weighted by molar-refractivity contribution is -0.128. The van der Waals surface area contributed by atoms with Crippen molar-refractivity contribution in [3.63, 3.8) is 0 Å². The molecule has 1 saturated heterocycles. The van der Waals surface area contributed by atoms with Gasteiger partial charge in [0.2, 0.25) is 5.91 Å². The fourth-order valence-corrected chi connectivity index (χ4v) is 3.51. The minimum atomic E-state index is -0.192. The van der Waals surface area contributed by atoms with Gasteiger partial charge >= 0.3 is 0 Å². The number of likely N-dealkylation sites (tertiary alicyclic amines) is 1. The van der Waals surface area contributed by atoms with Crippen molar-refractivity contribution in [1.82, 2.24) is 19.9 Å². The van der Waals surface area contributed by atoms with E-state index >= 15 is 0 Å². The number of hydrogen-bond donors (Lipinski definition) is 2. The maximum Gasteiger partial charge on any atom is 0.275 e. The third kappa shape index (κ3) is 3.35. The van der Waals surface area contributed by atoms with Crippen molar-refractivity contribution >= 4 is 28.7 Å². The van der Waals surface area contributed by atoms with Crippen molar-refractivity contribution in [3.8, 4) is 0 Å². The lowest BCUT2D eigenvalue weighted by Crippen LogP contribution is -2.33. The zero-order valence-electron chi connectivity index (χ0n) is 12.6. The maximum absolute atomic E-state index is 12.3. The highest BCUT2D eigenvalue weighted by Gasteiger charge is 2.16. The predicted octanol–water partition coefficient (Wildman–Crippen LogP) is 2.05. The number of nitrogens with zero attached hydrogens (tertiary/aromatic N) is 2. The van der Waals surface area contributed by atoms with Gasteiger partial charge in [0.25, 0.3) is 5.56 Å². The molecule has 0 spiro atoms. The molecule has 0 radical (unpaired) electrons. The van der Waals surface area contributed by atoms with Gasteiger partial charge in [-0.15, -0.1) is 0 Å². The molecule has 22 heavy (non-hydrogen) atoms. The molecule has 3 heterocycles. The Morgan fingerprint density at radius 2 is 2.00 bits per heavy atom. The summed E-state index contributed by atoms with van der Waals surface area (Å²) in [5.41, 5.74) is 1.84. The summed E-state index contributed by atoms with van der Waals surface area (Å²) in [5.74, 6) is 0.442. The minimum Gasteiger partial charge on any atom is -0.353 e. The van der Waals surface area contributed by atoms with Crippen LogP contribution < -0.4 is 5.56 Å². The molecule has 1 fully saturated rings. The number of fused-ring (bicyclic) bond motifs is 1. The van der Waals surface area contributed by atoms with Gasteiger partial charge in [-0.1, -0.05) is 24.6 Å². The van der Waals surface area contributed by atoms with Gasteiger partial charge in [0, 0.05) is 18.8 Å². The molecule has 2 N–H and O–H groups in total. The summed E-state index contributed by atoms with van der Waals surface area (Å²) in [7, 11) is 0. The smallest absolute Gasteiger partial charge is 0.275 e. The summed E-state index contributed by atoms with van der Waals surface area (Å²) in [6.45, 7) is 3.58. The first-order chi connectivity index (χ1) is 10.6. The number of nitrogens with one attached hydrogen (secondary N) is 2. The van der Waals surface area contributed by atoms with Crippen LogP contribution in [0.5, 0.6) is 0 Å². The van der Waals surface area contributed by atoms with Gasteiger partial charge in [-0.25, -0.2) is 4.98 Å². The summed E-state index contributed by atoms with van der Waals surface area (Å²) >= 11 is 1.30. The topological polar surface area (TPSA) is 81.8 Å². The number of aromatic nitrogens is 3.